The maximum atomic E-state index is 12.6. The van der Waals surface area contributed by atoms with Gasteiger partial charge in [-0.2, -0.15) is 0 Å². The van der Waals surface area contributed by atoms with Crippen molar-refractivity contribution in [2.75, 3.05) is 19.8 Å². The normalized spacial score (nSPS) is 52.4. The van der Waals surface area contributed by atoms with Gasteiger partial charge in [-0.05, 0) is 124 Å². The van der Waals surface area contributed by atoms with Gasteiger partial charge in [-0.15, -0.1) is 0 Å². The van der Waals surface area contributed by atoms with Gasteiger partial charge in [-0.1, -0.05) is 46.3 Å². The van der Waals surface area contributed by atoms with Gasteiger partial charge in [0.15, 0.2) is 18.9 Å². The molecule has 0 spiro atoms. The SMILES string of the molecule is CC(C)=CCC[C@](C)(O[C@H]1O[C@@H](CO)[C@H](O)[C@@H](O)[C@@H]1O)[C@@H]1CC[C@]2(C)[C@H]1[C@@H](O)C[C@H]1[C@@]3(C)CC[C@H](O[C@H]4O[C@@H](CO[C@H]5O[C@@H](CO)[C@H](O)[C@@H](O)[C@@H]5O)[C@H](O)[C@@H](O)[C@@H]4O)C(C)(C)[C@@H]3CC[C@@]12C. The van der Waals surface area contributed by atoms with E-state index in [4.69, 9.17) is 28.4 Å². The molecule has 0 bridgehead atoms. The van der Waals surface area contributed by atoms with E-state index in [1.165, 1.54) is 0 Å². The second kappa shape index (κ2) is 19.6. The molecule has 3 aliphatic heterocycles. The Bertz CT molecular complexity index is 1680. The van der Waals surface area contributed by atoms with Crippen molar-refractivity contribution >= 4 is 0 Å². The van der Waals surface area contributed by atoms with Crippen molar-refractivity contribution < 1.29 is 89.7 Å². The van der Waals surface area contributed by atoms with Crippen molar-refractivity contribution in [3.8, 4) is 0 Å². The lowest BCUT2D eigenvalue weighted by Gasteiger charge is -2.71. The van der Waals surface area contributed by atoms with Gasteiger partial charge in [0.25, 0.3) is 0 Å². The summed E-state index contributed by atoms with van der Waals surface area (Å²) in [7, 11) is 0. The first kappa shape index (κ1) is 52.8. The van der Waals surface area contributed by atoms with E-state index in [9.17, 15) is 61.3 Å². The van der Waals surface area contributed by atoms with E-state index in [2.05, 4.69) is 40.7 Å². The van der Waals surface area contributed by atoms with E-state index in [-0.39, 0.29) is 39.9 Å². The molecule has 0 amide bonds. The van der Waals surface area contributed by atoms with Crippen molar-refractivity contribution in [1.82, 2.24) is 0 Å². The molecular weight excluding hydrogens is 865 g/mol. The number of allylic oxidation sites excluding steroid dienone is 2. The van der Waals surface area contributed by atoms with E-state index >= 15 is 0 Å². The molecule has 4 aliphatic carbocycles. The van der Waals surface area contributed by atoms with Gasteiger partial charge in [0.2, 0.25) is 0 Å². The zero-order valence-corrected chi connectivity index (χ0v) is 40.0. The van der Waals surface area contributed by atoms with Crippen LogP contribution in [-0.2, 0) is 28.4 Å². The van der Waals surface area contributed by atoms with E-state index in [0.717, 1.165) is 37.7 Å². The van der Waals surface area contributed by atoms with E-state index < -0.39 is 135 Å². The quantitative estimate of drug-likeness (QED) is 0.0853. The minimum Gasteiger partial charge on any atom is -0.394 e. The van der Waals surface area contributed by atoms with Gasteiger partial charge < -0.3 is 89.7 Å². The molecule has 25 atom stereocenters. The molecule has 0 radical (unpaired) electrons. The molecule has 7 fully saturated rings. The molecule has 0 unspecified atom stereocenters. The molecule has 0 aromatic rings. The van der Waals surface area contributed by atoms with Crippen LogP contribution in [0.1, 0.15) is 113 Å². The van der Waals surface area contributed by atoms with Crippen molar-refractivity contribution in [3.63, 3.8) is 0 Å². The fourth-order valence-corrected chi connectivity index (χ4v) is 14.8. The summed E-state index contributed by atoms with van der Waals surface area (Å²) in [5.74, 6) is -0.0736. The molecule has 382 valence electrons. The summed E-state index contributed by atoms with van der Waals surface area (Å²) >= 11 is 0. The van der Waals surface area contributed by atoms with Gasteiger partial charge in [0.05, 0.1) is 37.6 Å². The summed E-state index contributed by atoms with van der Waals surface area (Å²) < 4.78 is 36.5. The average Bonchev–Trinajstić information content (AvgIpc) is 3.65. The molecule has 12 N–H and O–H groups in total. The third-order valence-corrected chi connectivity index (χ3v) is 18.8. The van der Waals surface area contributed by atoms with Gasteiger partial charge in [-0.3, -0.25) is 0 Å². The number of rotatable bonds is 13. The monoisotopic (exact) mass is 947 g/mol. The van der Waals surface area contributed by atoms with Gasteiger partial charge in [0.1, 0.15) is 73.2 Å². The predicted octanol–water partition coefficient (Wildman–Crippen LogP) is -0.0268. The summed E-state index contributed by atoms with van der Waals surface area (Å²) in [6.45, 7) is 15.8. The molecule has 18 heteroatoms. The van der Waals surface area contributed by atoms with Crippen LogP contribution in [0.3, 0.4) is 0 Å². The molecule has 0 aromatic heterocycles. The number of hydrogen-bond acceptors (Lipinski definition) is 18. The smallest absolute Gasteiger partial charge is 0.187 e. The van der Waals surface area contributed by atoms with Crippen LogP contribution in [0, 0.1) is 45.3 Å². The maximum Gasteiger partial charge on any atom is 0.187 e. The van der Waals surface area contributed by atoms with Crippen LogP contribution in [0.25, 0.3) is 0 Å². The Labute approximate surface area is 388 Å². The first-order valence-electron chi connectivity index (χ1n) is 24.4. The lowest BCUT2D eigenvalue weighted by atomic mass is 9.35. The second-order valence-electron chi connectivity index (χ2n) is 22.9. The average molecular weight is 947 g/mol. The minimum atomic E-state index is -1.69. The molecule has 7 rings (SSSR count). The highest BCUT2D eigenvalue weighted by atomic mass is 16.7. The first-order chi connectivity index (χ1) is 30.8. The molecule has 66 heavy (non-hydrogen) atoms. The standard InChI is InChI=1S/C48H82O18/c1-22(2)10-9-14-48(8,66-43-40(60)36(56)33(53)26(20-50)63-43)23-11-16-47(7)31(23)24(51)18-29-45(5)15-13-30(44(3,4)28(45)12-17-46(29,47)6)65-42-39(59)37(57)34(54)27(64-42)21-61-41-38(58)35(55)32(52)25(19-49)62-41/h10,23-43,49-60H,9,11-21H2,1-8H3/t23-,24+,25+,26+,27+,28+,29+,30+,31-,32+,33+,34+,35-,36-,37-,38+,39+,40+,41+,42-,43-,45+,46+,47-,48+/m1/s1. The maximum absolute atomic E-state index is 12.6. The highest BCUT2D eigenvalue weighted by Crippen LogP contribution is 2.76. The largest absolute Gasteiger partial charge is 0.394 e. The van der Waals surface area contributed by atoms with Crippen LogP contribution in [0.2, 0.25) is 0 Å². The number of ether oxygens (including phenoxy) is 6. The van der Waals surface area contributed by atoms with Crippen LogP contribution in [0.5, 0.6) is 0 Å². The van der Waals surface area contributed by atoms with Crippen molar-refractivity contribution in [3.05, 3.63) is 11.6 Å². The second-order valence-corrected chi connectivity index (χ2v) is 22.9. The molecule has 4 saturated carbocycles. The number of hydrogen-bond donors (Lipinski definition) is 12. The molecule has 3 heterocycles. The zero-order valence-electron chi connectivity index (χ0n) is 40.0. The van der Waals surface area contributed by atoms with Crippen molar-refractivity contribution in [1.29, 1.82) is 0 Å². The summed E-state index contributed by atoms with van der Waals surface area (Å²) in [6.07, 6.45) is -14.8. The molecular formula is C48H82O18. The predicted molar refractivity (Wildman–Crippen MR) is 234 cm³/mol. The Hall–Kier alpha value is -0.980. The highest BCUT2D eigenvalue weighted by molar-refractivity contribution is 5.20. The molecule has 3 saturated heterocycles. The fraction of sp³-hybridized carbons (Fsp3) is 0.958. The van der Waals surface area contributed by atoms with Gasteiger partial charge >= 0.3 is 0 Å². The first-order valence-corrected chi connectivity index (χ1v) is 24.4. The lowest BCUT2D eigenvalue weighted by molar-refractivity contribution is -0.347. The van der Waals surface area contributed by atoms with Crippen molar-refractivity contribution in [2.24, 2.45) is 45.3 Å². The van der Waals surface area contributed by atoms with Crippen molar-refractivity contribution in [2.45, 2.75) is 223 Å². The minimum absolute atomic E-state index is 0.122. The summed E-state index contributed by atoms with van der Waals surface area (Å²) in [5.41, 5.74) is -1.000. The molecule has 7 aliphatic rings. The third-order valence-electron chi connectivity index (χ3n) is 18.8. The molecule has 0 aromatic carbocycles. The number of aliphatic hydroxyl groups excluding tert-OH is 12. The Morgan fingerprint density at radius 3 is 1.74 bits per heavy atom. The van der Waals surface area contributed by atoms with Crippen LogP contribution >= 0.6 is 0 Å². The Balaban J connectivity index is 1.08. The third kappa shape index (κ3) is 8.90. The summed E-state index contributed by atoms with van der Waals surface area (Å²) in [6, 6.07) is 0. The number of fused-ring (bicyclic) bond motifs is 5. The van der Waals surface area contributed by atoms with Crippen LogP contribution in [0.15, 0.2) is 11.6 Å². The Morgan fingerprint density at radius 1 is 0.621 bits per heavy atom. The van der Waals surface area contributed by atoms with E-state index in [1.54, 1.807) is 0 Å². The van der Waals surface area contributed by atoms with E-state index in [0.29, 0.717) is 25.7 Å². The zero-order chi connectivity index (χ0) is 48.6. The van der Waals surface area contributed by atoms with Gasteiger partial charge in [0, 0.05) is 0 Å². The summed E-state index contributed by atoms with van der Waals surface area (Å²) in [5, 5.41) is 128. The van der Waals surface area contributed by atoms with Crippen LogP contribution < -0.4 is 0 Å². The fourth-order valence-electron chi connectivity index (χ4n) is 14.8. The van der Waals surface area contributed by atoms with Crippen LogP contribution in [-0.4, -0.2) is 191 Å². The lowest BCUT2D eigenvalue weighted by Crippen LogP contribution is -2.67. The Morgan fingerprint density at radius 2 is 1.15 bits per heavy atom. The summed E-state index contributed by atoms with van der Waals surface area (Å²) in [4.78, 5) is 0. The Kier molecular flexibility index (Phi) is 15.7. The van der Waals surface area contributed by atoms with E-state index in [1.807, 2.05) is 20.8 Å². The van der Waals surface area contributed by atoms with Crippen LogP contribution in [0.4, 0.5) is 0 Å². The van der Waals surface area contributed by atoms with Gasteiger partial charge in [-0.25, -0.2) is 0 Å². The number of aliphatic hydroxyl groups is 12. The molecule has 18 nitrogen and oxygen atoms in total. The highest BCUT2D eigenvalue weighted by Gasteiger charge is 2.72. The topological polar surface area (TPSA) is 298 Å².